The van der Waals surface area contributed by atoms with Crippen molar-refractivity contribution in [2.75, 3.05) is 5.32 Å². The second-order valence-electron chi connectivity index (χ2n) is 5.39. The third kappa shape index (κ3) is 5.42. The lowest BCUT2D eigenvalue weighted by Crippen LogP contribution is -2.15. The Labute approximate surface area is 140 Å². The van der Waals surface area contributed by atoms with Crippen LogP contribution in [-0.2, 0) is 16.0 Å². The fraction of sp³-hybridized carbons (Fsp3) is 0.222. The van der Waals surface area contributed by atoms with Crippen LogP contribution >= 0.6 is 11.6 Å². The van der Waals surface area contributed by atoms with Crippen molar-refractivity contribution in [1.29, 1.82) is 0 Å². The molecule has 23 heavy (non-hydrogen) atoms. The van der Waals surface area contributed by atoms with Crippen LogP contribution in [0.5, 0.6) is 0 Å². The minimum Gasteiger partial charge on any atom is -0.459 e. The van der Waals surface area contributed by atoms with Gasteiger partial charge in [0.05, 0.1) is 18.1 Å². The van der Waals surface area contributed by atoms with Crippen molar-refractivity contribution in [3.05, 3.63) is 64.7 Å². The van der Waals surface area contributed by atoms with Crippen LogP contribution in [-0.4, -0.2) is 18.0 Å². The molecule has 0 aliphatic rings. The maximum Gasteiger partial charge on any atom is 0.338 e. The normalized spacial score (nSPS) is 10.4. The van der Waals surface area contributed by atoms with Gasteiger partial charge in [0.1, 0.15) is 0 Å². The lowest BCUT2D eigenvalue weighted by atomic mass is 10.1. The Morgan fingerprint density at radius 3 is 2.48 bits per heavy atom. The molecule has 0 aromatic heterocycles. The number of esters is 1. The Bertz CT molecular complexity index is 696. The molecule has 120 valence electrons. The Hall–Kier alpha value is -2.33. The van der Waals surface area contributed by atoms with Gasteiger partial charge in [0.2, 0.25) is 5.91 Å². The summed E-state index contributed by atoms with van der Waals surface area (Å²) < 4.78 is 5.14. The molecule has 0 aliphatic heterocycles. The van der Waals surface area contributed by atoms with Gasteiger partial charge in [-0.3, -0.25) is 4.79 Å². The fourth-order valence-electron chi connectivity index (χ4n) is 2.00. The molecule has 0 bridgehead atoms. The maximum absolute atomic E-state index is 12.1. The van der Waals surface area contributed by atoms with Crippen molar-refractivity contribution in [2.24, 2.45) is 0 Å². The molecular formula is C18H18ClNO3. The highest BCUT2D eigenvalue weighted by atomic mass is 35.5. The average Bonchev–Trinajstić information content (AvgIpc) is 2.49. The number of nitrogens with one attached hydrogen (secondary N) is 1. The van der Waals surface area contributed by atoms with Gasteiger partial charge in [-0.05, 0) is 49.7 Å². The molecule has 2 aromatic rings. The summed E-state index contributed by atoms with van der Waals surface area (Å²) in [7, 11) is 0. The van der Waals surface area contributed by atoms with E-state index in [0.717, 1.165) is 5.56 Å². The van der Waals surface area contributed by atoms with Crippen LogP contribution in [0, 0.1) is 0 Å². The third-order valence-electron chi connectivity index (χ3n) is 3.00. The highest BCUT2D eigenvalue weighted by Crippen LogP contribution is 2.14. The van der Waals surface area contributed by atoms with Gasteiger partial charge < -0.3 is 10.1 Å². The molecule has 0 saturated carbocycles. The standard InChI is InChI=1S/C18H18ClNO3/c1-12(2)23-18(22)14-4-3-5-16(11-14)20-17(21)10-13-6-8-15(19)9-7-13/h3-9,11-12H,10H2,1-2H3,(H,20,21). The first-order valence-electron chi connectivity index (χ1n) is 7.29. The number of anilines is 1. The first-order valence-corrected chi connectivity index (χ1v) is 7.67. The molecule has 0 fully saturated rings. The summed E-state index contributed by atoms with van der Waals surface area (Å²) in [4.78, 5) is 23.9. The molecule has 0 radical (unpaired) electrons. The Morgan fingerprint density at radius 2 is 1.83 bits per heavy atom. The number of carbonyl (C=O) groups is 2. The number of hydrogen-bond donors (Lipinski definition) is 1. The molecule has 2 rings (SSSR count). The number of carbonyl (C=O) groups excluding carboxylic acids is 2. The summed E-state index contributed by atoms with van der Waals surface area (Å²) in [6.07, 6.45) is 0.0448. The summed E-state index contributed by atoms with van der Waals surface area (Å²) in [5, 5.41) is 3.40. The molecule has 0 saturated heterocycles. The molecule has 2 aromatic carbocycles. The molecule has 4 nitrogen and oxygen atoms in total. The highest BCUT2D eigenvalue weighted by Gasteiger charge is 2.11. The third-order valence-corrected chi connectivity index (χ3v) is 3.25. The number of rotatable bonds is 5. The number of hydrogen-bond acceptors (Lipinski definition) is 3. The van der Waals surface area contributed by atoms with Gasteiger partial charge in [0.15, 0.2) is 0 Å². The minimum absolute atomic E-state index is 0.165. The second-order valence-corrected chi connectivity index (χ2v) is 5.82. The Kier molecular flexibility index (Phi) is 5.77. The van der Waals surface area contributed by atoms with Gasteiger partial charge in [0.25, 0.3) is 0 Å². The largest absolute Gasteiger partial charge is 0.459 e. The summed E-state index contributed by atoms with van der Waals surface area (Å²) in [5.41, 5.74) is 1.83. The number of ether oxygens (including phenoxy) is 1. The quantitative estimate of drug-likeness (QED) is 0.840. The number of halogens is 1. The Balaban J connectivity index is 2.00. The maximum atomic E-state index is 12.1. The zero-order valence-electron chi connectivity index (χ0n) is 13.0. The highest BCUT2D eigenvalue weighted by molar-refractivity contribution is 6.30. The van der Waals surface area contributed by atoms with Gasteiger partial charge in [-0.1, -0.05) is 29.8 Å². The molecular weight excluding hydrogens is 314 g/mol. The van der Waals surface area contributed by atoms with Crippen molar-refractivity contribution in [2.45, 2.75) is 26.4 Å². The molecule has 0 aliphatic carbocycles. The predicted octanol–water partition coefficient (Wildman–Crippen LogP) is 4.09. The Morgan fingerprint density at radius 1 is 1.13 bits per heavy atom. The molecule has 0 unspecified atom stereocenters. The van der Waals surface area contributed by atoms with E-state index in [0.29, 0.717) is 16.3 Å². The van der Waals surface area contributed by atoms with Crippen LogP contribution in [0.3, 0.4) is 0 Å². The van der Waals surface area contributed by atoms with E-state index >= 15 is 0 Å². The van der Waals surface area contributed by atoms with E-state index < -0.39 is 5.97 Å². The molecule has 0 atom stereocenters. The minimum atomic E-state index is -0.409. The van der Waals surface area contributed by atoms with Gasteiger partial charge in [-0.2, -0.15) is 0 Å². The molecule has 0 spiro atoms. The summed E-state index contributed by atoms with van der Waals surface area (Å²) in [5.74, 6) is -0.574. The van der Waals surface area contributed by atoms with Gasteiger partial charge in [-0.15, -0.1) is 0 Å². The van der Waals surface area contributed by atoms with Crippen LogP contribution in [0.25, 0.3) is 0 Å². The topological polar surface area (TPSA) is 55.4 Å². The lowest BCUT2D eigenvalue weighted by molar-refractivity contribution is -0.115. The zero-order chi connectivity index (χ0) is 16.8. The average molecular weight is 332 g/mol. The van der Waals surface area contributed by atoms with E-state index in [1.165, 1.54) is 0 Å². The molecule has 1 amide bonds. The van der Waals surface area contributed by atoms with Gasteiger partial charge in [0, 0.05) is 10.7 Å². The molecule has 5 heteroatoms. The van der Waals surface area contributed by atoms with Gasteiger partial charge >= 0.3 is 5.97 Å². The molecule has 1 N–H and O–H groups in total. The van der Waals surface area contributed by atoms with Crippen molar-refractivity contribution >= 4 is 29.2 Å². The van der Waals surface area contributed by atoms with E-state index in [-0.39, 0.29) is 18.4 Å². The van der Waals surface area contributed by atoms with Crippen molar-refractivity contribution < 1.29 is 14.3 Å². The second kappa shape index (κ2) is 7.79. The summed E-state index contributed by atoms with van der Waals surface area (Å²) in [6, 6.07) is 13.8. The smallest absolute Gasteiger partial charge is 0.338 e. The van der Waals surface area contributed by atoms with Crippen molar-refractivity contribution in [3.63, 3.8) is 0 Å². The van der Waals surface area contributed by atoms with E-state index in [4.69, 9.17) is 16.3 Å². The van der Waals surface area contributed by atoms with Gasteiger partial charge in [-0.25, -0.2) is 4.79 Å². The van der Waals surface area contributed by atoms with E-state index in [1.54, 1.807) is 62.4 Å². The monoisotopic (exact) mass is 331 g/mol. The van der Waals surface area contributed by atoms with Crippen LogP contribution in [0.15, 0.2) is 48.5 Å². The molecule has 0 heterocycles. The van der Waals surface area contributed by atoms with Crippen LogP contribution in [0.2, 0.25) is 5.02 Å². The van der Waals surface area contributed by atoms with Crippen molar-refractivity contribution in [1.82, 2.24) is 0 Å². The predicted molar refractivity (Wildman–Crippen MR) is 90.8 cm³/mol. The number of amides is 1. The van der Waals surface area contributed by atoms with Crippen LogP contribution in [0.4, 0.5) is 5.69 Å². The summed E-state index contributed by atoms with van der Waals surface area (Å²) >= 11 is 5.82. The zero-order valence-corrected chi connectivity index (χ0v) is 13.8. The van der Waals surface area contributed by atoms with E-state index in [1.807, 2.05) is 0 Å². The van der Waals surface area contributed by atoms with Crippen LogP contribution < -0.4 is 5.32 Å². The fourth-order valence-corrected chi connectivity index (χ4v) is 2.12. The summed E-state index contributed by atoms with van der Waals surface area (Å²) in [6.45, 7) is 3.57. The SMILES string of the molecule is CC(C)OC(=O)c1cccc(NC(=O)Cc2ccc(Cl)cc2)c1. The first kappa shape index (κ1) is 17.0. The lowest BCUT2D eigenvalue weighted by Gasteiger charge is -2.10. The van der Waals surface area contributed by atoms with E-state index in [2.05, 4.69) is 5.32 Å². The van der Waals surface area contributed by atoms with E-state index in [9.17, 15) is 9.59 Å². The van der Waals surface area contributed by atoms with Crippen LogP contribution in [0.1, 0.15) is 29.8 Å². The van der Waals surface area contributed by atoms with Crippen molar-refractivity contribution in [3.8, 4) is 0 Å². The number of benzene rings is 2. The first-order chi connectivity index (χ1) is 10.9.